The standard InChI is InChI=1S/C2H7N5/c1-4-6-7-5-2-3/h2-3H2,1H3. The summed E-state index contributed by atoms with van der Waals surface area (Å²) >= 11 is 0. The van der Waals surface area contributed by atoms with Gasteiger partial charge in [0.15, 0.2) is 0 Å². The molecule has 0 atom stereocenters. The maximum Gasteiger partial charge on any atom is 0.109 e. The van der Waals surface area contributed by atoms with Crippen LogP contribution in [0, 0.1) is 0 Å². The van der Waals surface area contributed by atoms with Crippen LogP contribution in [-0.4, -0.2) is 13.7 Å². The Hall–Kier alpha value is -0.840. The maximum absolute atomic E-state index is 4.91. The van der Waals surface area contributed by atoms with E-state index in [0.717, 1.165) is 0 Å². The second-order valence-electron chi connectivity index (χ2n) is 0.703. The fourth-order valence-electron chi connectivity index (χ4n) is 0.105. The van der Waals surface area contributed by atoms with Crippen molar-refractivity contribution in [3.05, 3.63) is 0 Å². The van der Waals surface area contributed by atoms with Crippen molar-refractivity contribution in [2.45, 2.75) is 0 Å². The molecule has 0 rings (SSSR count). The summed E-state index contributed by atoms with van der Waals surface area (Å²) in [6, 6.07) is 0. The van der Waals surface area contributed by atoms with E-state index in [0.29, 0.717) is 0 Å². The molecule has 7 heavy (non-hydrogen) atoms. The molecule has 0 saturated carbocycles. The zero-order valence-electron chi connectivity index (χ0n) is 4.07. The lowest BCUT2D eigenvalue weighted by Gasteiger charge is -1.70. The third-order valence-electron chi connectivity index (χ3n) is 0.274. The minimum atomic E-state index is 0.166. The largest absolute Gasteiger partial charge is 0.311 e. The normalized spacial score (nSPS) is 11.7. The predicted octanol–water partition coefficient (Wildman–Crippen LogP) is 0.352. The lowest BCUT2D eigenvalue weighted by molar-refractivity contribution is 0.850. The van der Waals surface area contributed by atoms with Gasteiger partial charge in [0.2, 0.25) is 0 Å². The summed E-state index contributed by atoms with van der Waals surface area (Å²) in [4.78, 5) is 0. The Morgan fingerprint density at radius 2 is 2.14 bits per heavy atom. The molecule has 0 aromatic carbocycles. The Kier molecular flexibility index (Phi) is 4.54. The van der Waals surface area contributed by atoms with Crippen molar-refractivity contribution < 1.29 is 0 Å². The molecule has 0 aromatic rings. The van der Waals surface area contributed by atoms with E-state index in [1.807, 2.05) is 0 Å². The van der Waals surface area contributed by atoms with E-state index in [4.69, 9.17) is 5.73 Å². The Balaban J connectivity index is 3.09. The lowest BCUT2D eigenvalue weighted by Crippen LogP contribution is -1.90. The molecule has 0 unspecified atom stereocenters. The topological polar surface area (TPSA) is 75.5 Å². The highest BCUT2D eigenvalue weighted by molar-refractivity contribution is 4.15. The molecule has 0 aromatic heterocycles. The van der Waals surface area contributed by atoms with Crippen LogP contribution >= 0.6 is 0 Å². The van der Waals surface area contributed by atoms with Crippen LogP contribution in [0.25, 0.3) is 0 Å². The number of nitrogens with two attached hydrogens (primary N) is 1. The van der Waals surface area contributed by atoms with Gasteiger partial charge in [-0.25, -0.2) is 0 Å². The fourth-order valence-corrected chi connectivity index (χ4v) is 0.105. The minimum absolute atomic E-state index is 0.166. The van der Waals surface area contributed by atoms with Gasteiger partial charge in [0.25, 0.3) is 0 Å². The lowest BCUT2D eigenvalue weighted by atomic mass is 11.3. The van der Waals surface area contributed by atoms with Gasteiger partial charge >= 0.3 is 0 Å². The van der Waals surface area contributed by atoms with Gasteiger partial charge in [-0.2, -0.15) is 10.2 Å². The third-order valence-corrected chi connectivity index (χ3v) is 0.274. The summed E-state index contributed by atoms with van der Waals surface area (Å²) in [7, 11) is 1.51. The van der Waals surface area contributed by atoms with E-state index in [1.165, 1.54) is 7.05 Å². The van der Waals surface area contributed by atoms with Gasteiger partial charge < -0.3 is 5.73 Å². The molecule has 5 heteroatoms. The van der Waals surface area contributed by atoms with Crippen molar-refractivity contribution in [1.82, 2.24) is 0 Å². The first-order valence-corrected chi connectivity index (χ1v) is 1.77. The van der Waals surface area contributed by atoms with Gasteiger partial charge in [-0.3, -0.25) is 0 Å². The summed E-state index contributed by atoms with van der Waals surface area (Å²) in [6.07, 6.45) is 0. The average Bonchev–Trinajstić information content (AvgIpc) is 1.69. The second-order valence-corrected chi connectivity index (χ2v) is 0.703. The van der Waals surface area contributed by atoms with E-state index in [9.17, 15) is 0 Å². The van der Waals surface area contributed by atoms with E-state index in [2.05, 4.69) is 20.7 Å². The molecular formula is C2H7N5. The Bertz CT molecular complexity index is 74.1. The zero-order valence-corrected chi connectivity index (χ0v) is 4.07. The van der Waals surface area contributed by atoms with Crippen molar-refractivity contribution >= 4 is 0 Å². The average molecular weight is 101 g/mol. The summed E-state index contributed by atoms with van der Waals surface area (Å²) in [5, 5.41) is 12.9. The van der Waals surface area contributed by atoms with Crippen LogP contribution in [0.4, 0.5) is 0 Å². The van der Waals surface area contributed by atoms with Crippen LogP contribution in [-0.2, 0) is 0 Å². The number of rotatable bonds is 2. The molecule has 0 aliphatic heterocycles. The number of hydrogen-bond acceptors (Lipinski definition) is 3. The molecule has 0 amide bonds. The molecule has 2 N–H and O–H groups in total. The summed E-state index contributed by atoms with van der Waals surface area (Å²) in [5.74, 6) is 0. The first kappa shape index (κ1) is 6.16. The third kappa shape index (κ3) is 5.16. The van der Waals surface area contributed by atoms with Gasteiger partial charge in [-0.1, -0.05) is 0 Å². The highest BCUT2D eigenvalue weighted by atomic mass is 15.5. The van der Waals surface area contributed by atoms with Gasteiger partial charge in [0.05, 0.1) is 7.05 Å². The molecule has 0 aliphatic rings. The summed E-state index contributed by atoms with van der Waals surface area (Å²) < 4.78 is 0. The summed E-state index contributed by atoms with van der Waals surface area (Å²) in [5.41, 5.74) is 4.91. The van der Waals surface area contributed by atoms with Gasteiger partial charge in [0, 0.05) is 0 Å². The van der Waals surface area contributed by atoms with Crippen molar-refractivity contribution in [2.24, 2.45) is 26.4 Å². The molecule has 0 bridgehead atoms. The van der Waals surface area contributed by atoms with Gasteiger partial charge in [-0.05, 0) is 10.4 Å². The quantitative estimate of drug-likeness (QED) is 0.395. The number of nitrogens with zero attached hydrogens (tertiary/aromatic N) is 4. The molecule has 0 aliphatic carbocycles. The number of hydrogen-bond donors (Lipinski definition) is 1. The van der Waals surface area contributed by atoms with E-state index >= 15 is 0 Å². The fraction of sp³-hybridized carbons (Fsp3) is 1.00. The smallest absolute Gasteiger partial charge is 0.109 e. The van der Waals surface area contributed by atoms with E-state index in [-0.39, 0.29) is 6.67 Å². The Morgan fingerprint density at radius 3 is 2.57 bits per heavy atom. The van der Waals surface area contributed by atoms with Crippen LogP contribution < -0.4 is 5.73 Å². The van der Waals surface area contributed by atoms with Crippen molar-refractivity contribution in [3.8, 4) is 0 Å². The van der Waals surface area contributed by atoms with Gasteiger partial charge in [-0.15, -0.1) is 0 Å². The highest BCUT2D eigenvalue weighted by Gasteiger charge is 1.58. The van der Waals surface area contributed by atoms with Crippen molar-refractivity contribution in [3.63, 3.8) is 0 Å². The molecular weight excluding hydrogens is 94.1 g/mol. The molecule has 0 saturated heterocycles. The second kappa shape index (κ2) is 5.16. The van der Waals surface area contributed by atoms with Crippen LogP contribution in [0.1, 0.15) is 0 Å². The molecule has 40 valence electrons. The SMILES string of the molecule is CN=NN=NCN. The van der Waals surface area contributed by atoms with Gasteiger partial charge in [0.1, 0.15) is 6.67 Å². The van der Waals surface area contributed by atoms with Crippen LogP contribution in [0.2, 0.25) is 0 Å². The van der Waals surface area contributed by atoms with Crippen molar-refractivity contribution in [2.75, 3.05) is 13.7 Å². The molecule has 0 spiro atoms. The monoisotopic (exact) mass is 101 g/mol. The van der Waals surface area contributed by atoms with E-state index in [1.54, 1.807) is 0 Å². The first-order valence-electron chi connectivity index (χ1n) is 1.77. The van der Waals surface area contributed by atoms with Crippen LogP contribution in [0.3, 0.4) is 0 Å². The molecule has 0 fully saturated rings. The van der Waals surface area contributed by atoms with Crippen LogP contribution in [0.15, 0.2) is 20.7 Å². The minimum Gasteiger partial charge on any atom is -0.311 e. The van der Waals surface area contributed by atoms with E-state index < -0.39 is 0 Å². The highest BCUT2D eigenvalue weighted by Crippen LogP contribution is 1.72. The maximum atomic E-state index is 4.91. The van der Waals surface area contributed by atoms with Crippen molar-refractivity contribution in [1.29, 1.82) is 0 Å². The first-order chi connectivity index (χ1) is 3.41. The zero-order chi connectivity index (χ0) is 5.54. The predicted molar refractivity (Wildman–Crippen MR) is 24.7 cm³/mol. The molecule has 0 radical (unpaired) electrons. The molecule has 0 heterocycles. The Morgan fingerprint density at radius 1 is 1.43 bits per heavy atom. The Labute approximate surface area is 41.3 Å². The summed E-state index contributed by atoms with van der Waals surface area (Å²) in [6.45, 7) is 0.166. The molecule has 5 nitrogen and oxygen atoms in total. The van der Waals surface area contributed by atoms with Crippen LogP contribution in [0.5, 0.6) is 0 Å².